The zero-order chi connectivity index (χ0) is 18.7. The zero-order valence-corrected chi connectivity index (χ0v) is 17.0. The Balaban J connectivity index is 0.00000225. The summed E-state index contributed by atoms with van der Waals surface area (Å²) in [6.45, 7) is 1.58. The average molecular weight is 420 g/mol. The van der Waals surface area contributed by atoms with Crippen LogP contribution in [0.3, 0.4) is 0 Å². The molecule has 1 amide bonds. The third-order valence-electron chi connectivity index (χ3n) is 4.79. The molecule has 0 aliphatic carbocycles. The van der Waals surface area contributed by atoms with Gasteiger partial charge in [0.15, 0.2) is 5.16 Å². The molecule has 0 bridgehead atoms. The SMILES string of the molecule is Cl.Cn1cnnc1Sc1ccc(NC(=O)C2(n3cccn3)CCNCC2)cc1. The standard InChI is InChI=1S/C18H21N7OS.ClH/c1-24-13-20-23-17(24)27-15-5-3-14(4-6-15)22-16(26)18(7-10-19-11-8-18)25-12-2-9-21-25;/h2-6,9,12-13,19H,7-8,10-11H2,1H3,(H,22,26);1H. The van der Waals surface area contributed by atoms with Crippen molar-refractivity contribution in [1.82, 2.24) is 29.9 Å². The summed E-state index contributed by atoms with van der Waals surface area (Å²) in [5, 5.41) is 19.5. The van der Waals surface area contributed by atoms with Crippen molar-refractivity contribution < 1.29 is 4.79 Å². The molecule has 2 N–H and O–H groups in total. The van der Waals surface area contributed by atoms with Crippen LogP contribution in [-0.2, 0) is 17.4 Å². The zero-order valence-electron chi connectivity index (χ0n) is 15.4. The van der Waals surface area contributed by atoms with E-state index in [0.717, 1.165) is 28.8 Å². The highest BCUT2D eigenvalue weighted by molar-refractivity contribution is 7.99. The maximum Gasteiger partial charge on any atom is 0.252 e. The van der Waals surface area contributed by atoms with Crippen LogP contribution in [0.15, 0.2) is 59.1 Å². The number of amides is 1. The normalized spacial score (nSPS) is 15.6. The molecule has 1 aliphatic heterocycles. The van der Waals surface area contributed by atoms with Gasteiger partial charge in [-0.15, -0.1) is 22.6 Å². The molecule has 1 aromatic carbocycles. The van der Waals surface area contributed by atoms with Crippen LogP contribution < -0.4 is 10.6 Å². The average Bonchev–Trinajstić information content (AvgIpc) is 3.37. The maximum atomic E-state index is 13.1. The molecule has 0 spiro atoms. The Bertz CT molecular complexity index is 904. The molecule has 1 fully saturated rings. The molecule has 0 unspecified atom stereocenters. The number of halogens is 1. The van der Waals surface area contributed by atoms with Crippen LogP contribution in [-0.4, -0.2) is 43.5 Å². The third-order valence-corrected chi connectivity index (χ3v) is 5.85. The summed E-state index contributed by atoms with van der Waals surface area (Å²) < 4.78 is 3.66. The molecule has 3 heterocycles. The summed E-state index contributed by atoms with van der Waals surface area (Å²) in [5.74, 6) is -0.0265. The first kappa shape index (κ1) is 20.4. The van der Waals surface area contributed by atoms with Gasteiger partial charge >= 0.3 is 0 Å². The number of hydrogen-bond donors (Lipinski definition) is 2. The number of benzene rings is 1. The van der Waals surface area contributed by atoms with Crippen LogP contribution in [0, 0.1) is 0 Å². The largest absolute Gasteiger partial charge is 0.324 e. The predicted molar refractivity (Wildman–Crippen MR) is 110 cm³/mol. The second-order valence-electron chi connectivity index (χ2n) is 6.54. The van der Waals surface area contributed by atoms with Gasteiger partial charge in [0.05, 0.1) is 0 Å². The van der Waals surface area contributed by atoms with E-state index in [1.807, 2.05) is 48.1 Å². The van der Waals surface area contributed by atoms with Crippen molar-refractivity contribution in [2.75, 3.05) is 18.4 Å². The van der Waals surface area contributed by atoms with E-state index in [-0.39, 0.29) is 18.3 Å². The highest BCUT2D eigenvalue weighted by Crippen LogP contribution is 2.30. The number of hydrogen-bond acceptors (Lipinski definition) is 6. The molecule has 0 atom stereocenters. The molecule has 0 saturated carbocycles. The van der Waals surface area contributed by atoms with Crippen molar-refractivity contribution in [3.05, 3.63) is 49.1 Å². The van der Waals surface area contributed by atoms with Crippen LogP contribution in [0.4, 0.5) is 5.69 Å². The number of carbonyl (C=O) groups excluding carboxylic acids is 1. The summed E-state index contributed by atoms with van der Waals surface area (Å²) in [5.41, 5.74) is 0.119. The smallest absolute Gasteiger partial charge is 0.252 e. The predicted octanol–water partition coefficient (Wildman–Crippen LogP) is 2.30. The van der Waals surface area contributed by atoms with Gasteiger partial charge in [0, 0.05) is 30.0 Å². The van der Waals surface area contributed by atoms with Crippen LogP contribution in [0.25, 0.3) is 0 Å². The summed E-state index contributed by atoms with van der Waals surface area (Å²) in [4.78, 5) is 14.2. The lowest BCUT2D eigenvalue weighted by atomic mass is 9.87. The van der Waals surface area contributed by atoms with Crippen molar-refractivity contribution in [3.63, 3.8) is 0 Å². The summed E-state index contributed by atoms with van der Waals surface area (Å²) in [7, 11) is 1.91. The van der Waals surface area contributed by atoms with Crippen molar-refractivity contribution >= 4 is 35.8 Å². The molecule has 1 saturated heterocycles. The number of nitrogens with zero attached hydrogens (tertiary/aromatic N) is 5. The van der Waals surface area contributed by atoms with Crippen LogP contribution >= 0.6 is 24.2 Å². The fourth-order valence-electron chi connectivity index (χ4n) is 3.25. The van der Waals surface area contributed by atoms with E-state index in [4.69, 9.17) is 0 Å². The highest BCUT2D eigenvalue weighted by Gasteiger charge is 2.42. The number of anilines is 1. The summed E-state index contributed by atoms with van der Waals surface area (Å²) in [6.07, 6.45) is 6.67. The van der Waals surface area contributed by atoms with Gasteiger partial charge in [-0.05, 0) is 68.0 Å². The minimum absolute atomic E-state index is 0. The Labute approximate surface area is 173 Å². The molecule has 148 valence electrons. The fourth-order valence-corrected chi connectivity index (χ4v) is 4.01. The van der Waals surface area contributed by atoms with Gasteiger partial charge in [-0.2, -0.15) is 5.10 Å². The van der Waals surface area contributed by atoms with Crippen molar-refractivity contribution in [1.29, 1.82) is 0 Å². The minimum Gasteiger partial charge on any atom is -0.324 e. The van der Waals surface area contributed by atoms with Crippen LogP contribution in [0.1, 0.15) is 12.8 Å². The quantitative estimate of drug-likeness (QED) is 0.659. The summed E-state index contributed by atoms with van der Waals surface area (Å²) >= 11 is 1.53. The van der Waals surface area contributed by atoms with E-state index < -0.39 is 5.54 Å². The van der Waals surface area contributed by atoms with Crippen molar-refractivity contribution in [2.24, 2.45) is 7.05 Å². The molecule has 1 aliphatic rings. The molecule has 0 radical (unpaired) electrons. The van der Waals surface area contributed by atoms with Gasteiger partial charge < -0.3 is 15.2 Å². The Morgan fingerprint density at radius 1 is 1.25 bits per heavy atom. The second-order valence-corrected chi connectivity index (χ2v) is 7.58. The first-order valence-corrected chi connectivity index (χ1v) is 9.63. The van der Waals surface area contributed by atoms with Crippen LogP contribution in [0.5, 0.6) is 0 Å². The number of aryl methyl sites for hydroxylation is 1. The third kappa shape index (κ3) is 4.06. The lowest BCUT2D eigenvalue weighted by Gasteiger charge is -2.36. The number of aromatic nitrogens is 5. The van der Waals surface area contributed by atoms with E-state index in [1.54, 1.807) is 17.2 Å². The molecule has 10 heteroatoms. The molecule has 28 heavy (non-hydrogen) atoms. The molecule has 3 aromatic rings. The van der Waals surface area contributed by atoms with Gasteiger partial charge in [0.25, 0.3) is 5.91 Å². The van der Waals surface area contributed by atoms with E-state index >= 15 is 0 Å². The Kier molecular flexibility index (Phi) is 6.38. The van der Waals surface area contributed by atoms with Gasteiger partial charge in [0.2, 0.25) is 0 Å². The fraction of sp³-hybridized carbons (Fsp3) is 0.333. The van der Waals surface area contributed by atoms with Gasteiger partial charge in [-0.25, -0.2) is 0 Å². The summed E-state index contributed by atoms with van der Waals surface area (Å²) in [6, 6.07) is 9.62. The molecular weight excluding hydrogens is 398 g/mol. The first-order valence-electron chi connectivity index (χ1n) is 8.82. The minimum atomic E-state index is -0.652. The van der Waals surface area contributed by atoms with E-state index in [1.165, 1.54) is 11.8 Å². The Morgan fingerprint density at radius 2 is 2.00 bits per heavy atom. The number of piperidine rings is 1. The van der Waals surface area contributed by atoms with E-state index in [0.29, 0.717) is 12.8 Å². The van der Waals surface area contributed by atoms with Gasteiger partial charge in [0.1, 0.15) is 11.9 Å². The first-order chi connectivity index (χ1) is 13.2. The molecular formula is C18H22ClN7OS. The van der Waals surface area contributed by atoms with Crippen molar-refractivity contribution in [3.8, 4) is 0 Å². The Morgan fingerprint density at radius 3 is 2.61 bits per heavy atom. The highest BCUT2D eigenvalue weighted by atomic mass is 35.5. The number of rotatable bonds is 5. The van der Waals surface area contributed by atoms with Gasteiger partial charge in [-0.3, -0.25) is 9.48 Å². The monoisotopic (exact) mass is 419 g/mol. The number of carbonyl (C=O) groups is 1. The van der Waals surface area contributed by atoms with Gasteiger partial charge in [-0.1, -0.05) is 0 Å². The van der Waals surface area contributed by atoms with E-state index in [9.17, 15) is 4.79 Å². The number of nitrogens with one attached hydrogen (secondary N) is 2. The topological polar surface area (TPSA) is 89.7 Å². The molecule has 2 aromatic heterocycles. The van der Waals surface area contributed by atoms with Crippen LogP contribution in [0.2, 0.25) is 0 Å². The lowest BCUT2D eigenvalue weighted by molar-refractivity contribution is -0.126. The molecule has 4 rings (SSSR count). The Hall–Kier alpha value is -2.36. The molecule has 8 nitrogen and oxygen atoms in total. The van der Waals surface area contributed by atoms with Crippen molar-refractivity contribution in [2.45, 2.75) is 28.4 Å². The second kappa shape index (κ2) is 8.76. The van der Waals surface area contributed by atoms with E-state index in [2.05, 4.69) is 25.9 Å². The lowest BCUT2D eigenvalue weighted by Crippen LogP contribution is -2.52. The maximum absolute atomic E-state index is 13.1.